The lowest BCUT2D eigenvalue weighted by atomic mass is 9.95. The zero-order chi connectivity index (χ0) is 21.3. The van der Waals surface area contributed by atoms with Gasteiger partial charge in [-0.05, 0) is 56.0 Å². The van der Waals surface area contributed by atoms with Crippen LogP contribution in [0.4, 0.5) is 0 Å². The number of pyridine rings is 1. The van der Waals surface area contributed by atoms with E-state index in [0.717, 1.165) is 24.8 Å². The van der Waals surface area contributed by atoms with Crippen molar-refractivity contribution in [2.45, 2.75) is 32.2 Å². The number of halogens is 2. The van der Waals surface area contributed by atoms with E-state index in [1.165, 1.54) is 0 Å². The number of carbonyl (C=O) groups is 1. The highest BCUT2D eigenvalue weighted by Crippen LogP contribution is 2.38. The van der Waals surface area contributed by atoms with Crippen LogP contribution in [0, 0.1) is 6.92 Å². The zero-order valence-electron chi connectivity index (χ0n) is 16.8. The van der Waals surface area contributed by atoms with E-state index in [-0.39, 0.29) is 11.9 Å². The van der Waals surface area contributed by atoms with Crippen molar-refractivity contribution in [2.75, 3.05) is 6.54 Å². The Bertz CT molecular complexity index is 1070. The van der Waals surface area contributed by atoms with E-state index in [0.29, 0.717) is 39.5 Å². The molecule has 0 aliphatic carbocycles. The van der Waals surface area contributed by atoms with Crippen molar-refractivity contribution < 1.29 is 9.53 Å². The summed E-state index contributed by atoms with van der Waals surface area (Å²) in [5, 5.41) is 5.11. The Balaban J connectivity index is 1.71. The molecule has 1 amide bonds. The SMILES string of the molecule is Cc1nn(C)c(Oc2cccc(Cl)c2Cl)c1C(=O)N1CCCCC1c1ccncc1. The normalized spacial score (nSPS) is 16.5. The van der Waals surface area contributed by atoms with Gasteiger partial charge in [0.15, 0.2) is 0 Å². The van der Waals surface area contributed by atoms with E-state index in [1.807, 2.05) is 24.0 Å². The second-order valence-corrected chi connectivity index (χ2v) is 8.12. The van der Waals surface area contributed by atoms with Crippen LogP contribution in [0.2, 0.25) is 10.0 Å². The van der Waals surface area contributed by atoms with Gasteiger partial charge in [0.2, 0.25) is 5.88 Å². The maximum Gasteiger partial charge on any atom is 0.261 e. The number of hydrogen-bond donors (Lipinski definition) is 0. The Kier molecular flexibility index (Phi) is 5.97. The second kappa shape index (κ2) is 8.66. The molecule has 1 aromatic carbocycles. The summed E-state index contributed by atoms with van der Waals surface area (Å²) in [6.45, 7) is 2.49. The van der Waals surface area contributed by atoms with Crippen LogP contribution in [0.1, 0.15) is 46.9 Å². The van der Waals surface area contributed by atoms with E-state index in [9.17, 15) is 4.79 Å². The Labute approximate surface area is 185 Å². The average Bonchev–Trinajstić information content (AvgIpc) is 3.04. The lowest BCUT2D eigenvalue weighted by Gasteiger charge is -2.36. The number of benzene rings is 1. The summed E-state index contributed by atoms with van der Waals surface area (Å²) < 4.78 is 7.61. The van der Waals surface area contributed by atoms with Crippen LogP contribution < -0.4 is 4.74 Å². The molecule has 0 radical (unpaired) electrons. The number of carbonyl (C=O) groups excluding carboxylic acids is 1. The van der Waals surface area contributed by atoms with Gasteiger partial charge >= 0.3 is 0 Å². The minimum absolute atomic E-state index is 0.00327. The zero-order valence-corrected chi connectivity index (χ0v) is 18.3. The Morgan fingerprint density at radius 2 is 1.93 bits per heavy atom. The van der Waals surface area contributed by atoms with Crippen molar-refractivity contribution in [3.8, 4) is 11.6 Å². The van der Waals surface area contributed by atoms with Gasteiger partial charge in [0.1, 0.15) is 16.3 Å². The van der Waals surface area contributed by atoms with Crippen LogP contribution in [0.5, 0.6) is 11.6 Å². The Morgan fingerprint density at radius 1 is 1.17 bits per heavy atom. The number of aromatic nitrogens is 3. The first-order chi connectivity index (χ1) is 14.5. The fourth-order valence-corrected chi connectivity index (χ4v) is 4.25. The molecule has 4 rings (SSSR count). The summed E-state index contributed by atoms with van der Waals surface area (Å²) in [6.07, 6.45) is 6.47. The maximum absolute atomic E-state index is 13.7. The summed E-state index contributed by atoms with van der Waals surface area (Å²) >= 11 is 12.4. The van der Waals surface area contributed by atoms with Gasteiger partial charge in [-0.25, -0.2) is 4.68 Å². The van der Waals surface area contributed by atoms with E-state index in [1.54, 1.807) is 42.3 Å². The molecule has 1 aliphatic heterocycles. The van der Waals surface area contributed by atoms with Crippen molar-refractivity contribution in [1.82, 2.24) is 19.7 Å². The number of piperidine rings is 1. The first-order valence-corrected chi connectivity index (χ1v) is 10.6. The highest BCUT2D eigenvalue weighted by Gasteiger charge is 2.33. The van der Waals surface area contributed by atoms with Crippen LogP contribution in [-0.2, 0) is 7.05 Å². The van der Waals surface area contributed by atoms with Gasteiger partial charge < -0.3 is 9.64 Å². The predicted molar refractivity (Wildman–Crippen MR) is 116 cm³/mol. The lowest BCUT2D eigenvalue weighted by molar-refractivity contribution is 0.0608. The monoisotopic (exact) mass is 444 g/mol. The fraction of sp³-hybridized carbons (Fsp3) is 0.318. The van der Waals surface area contributed by atoms with Crippen molar-refractivity contribution in [3.63, 3.8) is 0 Å². The van der Waals surface area contributed by atoms with Crippen LogP contribution in [-0.4, -0.2) is 32.1 Å². The Hall–Kier alpha value is -2.57. The van der Waals surface area contributed by atoms with Gasteiger partial charge in [0.25, 0.3) is 5.91 Å². The topological polar surface area (TPSA) is 60.3 Å². The van der Waals surface area contributed by atoms with Crippen LogP contribution in [0.25, 0.3) is 0 Å². The van der Waals surface area contributed by atoms with Crippen LogP contribution >= 0.6 is 23.2 Å². The van der Waals surface area contributed by atoms with E-state index < -0.39 is 0 Å². The highest BCUT2D eigenvalue weighted by atomic mass is 35.5. The smallest absolute Gasteiger partial charge is 0.261 e. The number of hydrogen-bond acceptors (Lipinski definition) is 4. The number of amides is 1. The van der Waals surface area contributed by atoms with Gasteiger partial charge in [-0.2, -0.15) is 5.10 Å². The van der Waals surface area contributed by atoms with Crippen LogP contribution in [0.15, 0.2) is 42.7 Å². The van der Waals surface area contributed by atoms with Gasteiger partial charge in [0.05, 0.1) is 16.8 Å². The maximum atomic E-state index is 13.7. The summed E-state index contributed by atoms with van der Waals surface area (Å²) in [6, 6.07) is 9.08. The summed E-state index contributed by atoms with van der Waals surface area (Å²) in [5.41, 5.74) is 2.13. The molecule has 0 spiro atoms. The third kappa shape index (κ3) is 3.89. The van der Waals surface area contributed by atoms with Crippen molar-refractivity contribution >= 4 is 29.1 Å². The molecule has 3 heterocycles. The predicted octanol–water partition coefficient (Wildman–Crippen LogP) is 5.59. The molecule has 3 aromatic rings. The number of ether oxygens (including phenoxy) is 1. The van der Waals surface area contributed by atoms with Gasteiger partial charge in [0, 0.05) is 26.0 Å². The molecule has 0 N–H and O–H groups in total. The molecule has 8 heteroatoms. The van der Waals surface area contributed by atoms with Gasteiger partial charge in [-0.15, -0.1) is 0 Å². The first kappa shape index (κ1) is 20.7. The van der Waals surface area contributed by atoms with E-state index in [2.05, 4.69) is 10.1 Å². The van der Waals surface area contributed by atoms with Gasteiger partial charge in [-0.1, -0.05) is 29.3 Å². The molecule has 156 valence electrons. The molecule has 30 heavy (non-hydrogen) atoms. The fourth-order valence-electron chi connectivity index (χ4n) is 3.92. The molecular weight excluding hydrogens is 423 g/mol. The molecule has 1 unspecified atom stereocenters. The van der Waals surface area contributed by atoms with E-state index >= 15 is 0 Å². The molecule has 1 fully saturated rings. The number of likely N-dealkylation sites (tertiary alicyclic amines) is 1. The third-order valence-electron chi connectivity index (χ3n) is 5.36. The van der Waals surface area contributed by atoms with E-state index in [4.69, 9.17) is 27.9 Å². The number of aryl methyl sites for hydroxylation is 2. The lowest BCUT2D eigenvalue weighted by Crippen LogP contribution is -2.38. The molecular formula is C22H22Cl2N4O2. The molecule has 6 nitrogen and oxygen atoms in total. The average molecular weight is 445 g/mol. The molecule has 1 saturated heterocycles. The van der Waals surface area contributed by atoms with Crippen molar-refractivity contribution in [1.29, 1.82) is 0 Å². The minimum atomic E-state index is -0.102. The summed E-state index contributed by atoms with van der Waals surface area (Å²) in [4.78, 5) is 19.7. The third-order valence-corrected chi connectivity index (χ3v) is 6.16. The molecule has 1 atom stereocenters. The van der Waals surface area contributed by atoms with Crippen LogP contribution in [0.3, 0.4) is 0 Å². The molecule has 0 saturated carbocycles. The largest absolute Gasteiger partial charge is 0.437 e. The number of nitrogens with zero attached hydrogens (tertiary/aromatic N) is 4. The molecule has 1 aliphatic rings. The Morgan fingerprint density at radius 3 is 2.70 bits per heavy atom. The number of rotatable bonds is 4. The standard InChI is InChI=1S/C22H22Cl2N4O2/c1-14-19(22(27(2)26-14)30-18-8-5-6-16(23)20(18)24)21(29)28-13-4-3-7-17(28)15-9-11-25-12-10-15/h5-6,8-12,17H,3-4,7,13H2,1-2H3. The van der Waals surface area contributed by atoms with Crippen molar-refractivity contribution in [3.05, 3.63) is 69.6 Å². The van der Waals surface area contributed by atoms with Crippen molar-refractivity contribution in [2.24, 2.45) is 7.05 Å². The quantitative estimate of drug-likeness (QED) is 0.525. The van der Waals surface area contributed by atoms with Gasteiger partial charge in [-0.3, -0.25) is 9.78 Å². The summed E-state index contributed by atoms with van der Waals surface area (Å²) in [7, 11) is 1.74. The summed E-state index contributed by atoms with van der Waals surface area (Å²) in [5.74, 6) is 0.626. The molecule has 2 aromatic heterocycles. The highest BCUT2D eigenvalue weighted by molar-refractivity contribution is 6.42. The molecule has 0 bridgehead atoms. The minimum Gasteiger partial charge on any atom is -0.437 e. The first-order valence-electron chi connectivity index (χ1n) is 9.83. The second-order valence-electron chi connectivity index (χ2n) is 7.33.